The molecule has 0 fully saturated rings. The molecule has 0 unspecified atom stereocenters. The van der Waals surface area contributed by atoms with Gasteiger partial charge < -0.3 is 10.4 Å². The van der Waals surface area contributed by atoms with Gasteiger partial charge in [0.2, 0.25) is 0 Å². The second-order valence-electron chi connectivity index (χ2n) is 4.86. The number of amides is 1. The summed E-state index contributed by atoms with van der Waals surface area (Å²) in [6, 6.07) is 4.12. The van der Waals surface area contributed by atoms with Gasteiger partial charge in [-0.15, -0.1) is 0 Å². The molecule has 0 heterocycles. The van der Waals surface area contributed by atoms with Crippen LogP contribution in [0.3, 0.4) is 0 Å². The van der Waals surface area contributed by atoms with Crippen molar-refractivity contribution in [1.29, 1.82) is 0 Å². The molecule has 1 aromatic carbocycles. The van der Waals surface area contributed by atoms with Crippen LogP contribution in [0.4, 0.5) is 5.69 Å². The van der Waals surface area contributed by atoms with Crippen molar-refractivity contribution in [2.24, 2.45) is 0 Å². The van der Waals surface area contributed by atoms with Crippen molar-refractivity contribution in [1.82, 2.24) is 5.32 Å². The summed E-state index contributed by atoms with van der Waals surface area (Å²) in [6.07, 6.45) is 1.22. The van der Waals surface area contributed by atoms with Crippen LogP contribution in [0.25, 0.3) is 0 Å². The van der Waals surface area contributed by atoms with E-state index in [1.165, 1.54) is 18.2 Å². The maximum atomic E-state index is 12.2. The van der Waals surface area contributed by atoms with Gasteiger partial charge in [-0.25, -0.2) is 0 Å². The fourth-order valence-corrected chi connectivity index (χ4v) is 2.01. The number of aliphatic hydroxyl groups excluding tert-OH is 1. The molecule has 0 saturated carbocycles. The van der Waals surface area contributed by atoms with Crippen molar-refractivity contribution < 1.29 is 14.8 Å². The number of hydrogen-bond donors (Lipinski definition) is 2. The lowest BCUT2D eigenvalue weighted by Crippen LogP contribution is -2.50. The minimum Gasteiger partial charge on any atom is -0.394 e. The number of carbonyl (C=O) groups excluding carboxylic acids is 1. The van der Waals surface area contributed by atoms with Crippen LogP contribution >= 0.6 is 0 Å². The van der Waals surface area contributed by atoms with E-state index in [-0.39, 0.29) is 18.2 Å². The SMILES string of the molecule is CCC(CC)(CO)NC(=O)c1ccc([N+](=O)[O-])cc1C. The highest BCUT2D eigenvalue weighted by molar-refractivity contribution is 5.96. The van der Waals surface area contributed by atoms with Crippen LogP contribution in [0, 0.1) is 17.0 Å². The van der Waals surface area contributed by atoms with Crippen LogP contribution < -0.4 is 5.32 Å². The van der Waals surface area contributed by atoms with Gasteiger partial charge in [0, 0.05) is 17.7 Å². The number of nitrogens with zero attached hydrogens (tertiary/aromatic N) is 1. The molecule has 0 saturated heterocycles. The number of benzene rings is 1. The molecular formula is C14H20N2O4. The first-order valence-electron chi connectivity index (χ1n) is 6.57. The van der Waals surface area contributed by atoms with E-state index in [2.05, 4.69) is 5.32 Å². The van der Waals surface area contributed by atoms with Crippen molar-refractivity contribution in [3.05, 3.63) is 39.4 Å². The first kappa shape index (κ1) is 16.1. The summed E-state index contributed by atoms with van der Waals surface area (Å²) in [7, 11) is 0. The molecule has 1 rings (SSSR count). The highest BCUT2D eigenvalue weighted by Crippen LogP contribution is 2.20. The van der Waals surface area contributed by atoms with Crippen molar-refractivity contribution in [2.45, 2.75) is 39.2 Å². The smallest absolute Gasteiger partial charge is 0.269 e. The van der Waals surface area contributed by atoms with Gasteiger partial charge in [0.05, 0.1) is 17.1 Å². The average Bonchev–Trinajstić information content (AvgIpc) is 2.44. The van der Waals surface area contributed by atoms with Gasteiger partial charge in [0.1, 0.15) is 0 Å². The fourth-order valence-electron chi connectivity index (χ4n) is 2.01. The summed E-state index contributed by atoms with van der Waals surface area (Å²) in [6.45, 7) is 5.30. The van der Waals surface area contributed by atoms with Crippen molar-refractivity contribution in [3.8, 4) is 0 Å². The van der Waals surface area contributed by atoms with Crippen molar-refractivity contribution in [3.63, 3.8) is 0 Å². The summed E-state index contributed by atoms with van der Waals surface area (Å²) in [5, 5.41) is 23.0. The lowest BCUT2D eigenvalue weighted by atomic mass is 9.93. The second kappa shape index (κ2) is 6.47. The zero-order valence-corrected chi connectivity index (χ0v) is 12.0. The van der Waals surface area contributed by atoms with Crippen LogP contribution in [0.1, 0.15) is 42.6 Å². The number of aryl methyl sites for hydroxylation is 1. The molecule has 0 spiro atoms. The van der Waals surface area contributed by atoms with Crippen LogP contribution in [-0.2, 0) is 0 Å². The van der Waals surface area contributed by atoms with E-state index in [9.17, 15) is 20.0 Å². The summed E-state index contributed by atoms with van der Waals surface area (Å²) in [5.41, 5.74) is 0.232. The molecule has 1 aromatic rings. The molecule has 1 amide bonds. The maximum Gasteiger partial charge on any atom is 0.269 e. The summed E-state index contributed by atoms with van der Waals surface area (Å²) in [5.74, 6) is -0.324. The molecule has 6 heteroatoms. The van der Waals surface area contributed by atoms with E-state index in [0.717, 1.165) is 0 Å². The van der Waals surface area contributed by atoms with Crippen molar-refractivity contribution >= 4 is 11.6 Å². The Morgan fingerprint density at radius 1 is 1.40 bits per heavy atom. The number of carbonyl (C=O) groups is 1. The van der Waals surface area contributed by atoms with Gasteiger partial charge in [0.15, 0.2) is 0 Å². The minimum atomic E-state index is -0.648. The van der Waals surface area contributed by atoms with Crippen LogP contribution in [0.2, 0.25) is 0 Å². The Balaban J connectivity index is 3.01. The van der Waals surface area contributed by atoms with E-state index >= 15 is 0 Å². The van der Waals surface area contributed by atoms with Gasteiger partial charge in [-0.1, -0.05) is 13.8 Å². The standard InChI is InChI=1S/C14H20N2O4/c1-4-14(5-2,9-17)15-13(18)12-7-6-11(16(19)20)8-10(12)3/h6-8,17H,4-5,9H2,1-3H3,(H,15,18). The van der Waals surface area contributed by atoms with E-state index in [1.54, 1.807) is 6.92 Å². The fraction of sp³-hybridized carbons (Fsp3) is 0.500. The topological polar surface area (TPSA) is 92.5 Å². The number of rotatable bonds is 6. The zero-order valence-electron chi connectivity index (χ0n) is 12.0. The maximum absolute atomic E-state index is 12.2. The Hall–Kier alpha value is -1.95. The van der Waals surface area contributed by atoms with E-state index in [4.69, 9.17) is 0 Å². The molecule has 0 aliphatic heterocycles. The van der Waals surface area contributed by atoms with Gasteiger partial charge in [0.25, 0.3) is 11.6 Å². The average molecular weight is 280 g/mol. The molecule has 0 radical (unpaired) electrons. The normalized spacial score (nSPS) is 11.2. The van der Waals surface area contributed by atoms with E-state index in [0.29, 0.717) is 24.0 Å². The van der Waals surface area contributed by atoms with Gasteiger partial charge in [-0.05, 0) is 31.4 Å². The molecule has 0 aliphatic carbocycles. The quantitative estimate of drug-likeness (QED) is 0.617. The molecule has 110 valence electrons. The predicted octanol–water partition coefficient (Wildman–Crippen LogP) is 2.18. The summed E-state index contributed by atoms with van der Waals surface area (Å²) >= 11 is 0. The zero-order chi connectivity index (χ0) is 15.3. The molecule has 20 heavy (non-hydrogen) atoms. The van der Waals surface area contributed by atoms with Gasteiger partial charge in [-0.3, -0.25) is 14.9 Å². The lowest BCUT2D eigenvalue weighted by molar-refractivity contribution is -0.384. The first-order chi connectivity index (χ1) is 9.39. The Bertz CT molecular complexity index is 502. The molecule has 0 aliphatic rings. The van der Waals surface area contributed by atoms with E-state index in [1.807, 2.05) is 13.8 Å². The Kier molecular flexibility index (Phi) is 5.21. The Labute approximate surface area is 118 Å². The van der Waals surface area contributed by atoms with Gasteiger partial charge in [-0.2, -0.15) is 0 Å². The monoisotopic (exact) mass is 280 g/mol. The van der Waals surface area contributed by atoms with Crippen LogP contribution in [0.15, 0.2) is 18.2 Å². The van der Waals surface area contributed by atoms with E-state index < -0.39 is 10.5 Å². The molecule has 0 aromatic heterocycles. The third-order valence-corrected chi connectivity index (χ3v) is 3.70. The number of non-ortho nitro benzene ring substituents is 1. The first-order valence-corrected chi connectivity index (χ1v) is 6.57. The third-order valence-electron chi connectivity index (χ3n) is 3.70. The summed E-state index contributed by atoms with van der Waals surface area (Å²) in [4.78, 5) is 22.4. The molecule has 2 N–H and O–H groups in total. The highest BCUT2D eigenvalue weighted by atomic mass is 16.6. The largest absolute Gasteiger partial charge is 0.394 e. The number of nitro benzene ring substituents is 1. The van der Waals surface area contributed by atoms with Crippen LogP contribution in [0.5, 0.6) is 0 Å². The van der Waals surface area contributed by atoms with Gasteiger partial charge >= 0.3 is 0 Å². The Morgan fingerprint density at radius 2 is 2.00 bits per heavy atom. The lowest BCUT2D eigenvalue weighted by Gasteiger charge is -2.31. The highest BCUT2D eigenvalue weighted by Gasteiger charge is 2.28. The number of hydrogen-bond acceptors (Lipinski definition) is 4. The molecule has 6 nitrogen and oxygen atoms in total. The molecule has 0 bridgehead atoms. The molecular weight excluding hydrogens is 260 g/mol. The second-order valence-corrected chi connectivity index (χ2v) is 4.86. The number of nitro groups is 1. The Morgan fingerprint density at radius 3 is 2.40 bits per heavy atom. The predicted molar refractivity (Wildman–Crippen MR) is 75.7 cm³/mol. The van der Waals surface area contributed by atoms with Crippen molar-refractivity contribution in [2.75, 3.05) is 6.61 Å². The minimum absolute atomic E-state index is 0.0431. The third kappa shape index (κ3) is 3.33. The molecule has 0 atom stereocenters. The summed E-state index contributed by atoms with van der Waals surface area (Å²) < 4.78 is 0. The number of nitrogens with one attached hydrogen (secondary N) is 1. The number of aliphatic hydroxyl groups is 1. The van der Waals surface area contributed by atoms with Crippen LogP contribution in [-0.4, -0.2) is 28.1 Å².